The summed E-state index contributed by atoms with van der Waals surface area (Å²) < 4.78 is 0. The molecule has 0 unspecified atom stereocenters. The Bertz CT molecular complexity index is 557. The maximum Gasteiger partial charge on any atom is 0.222 e. The van der Waals surface area contributed by atoms with Crippen LogP contribution in [0.15, 0.2) is 12.4 Å². The summed E-state index contributed by atoms with van der Waals surface area (Å²) in [5, 5.41) is 0. The minimum Gasteiger partial charge on any atom is -0.336 e. The molecule has 0 saturated carbocycles. The second-order valence-corrected chi connectivity index (χ2v) is 7.57. The number of carbonyl (C=O) groups is 1. The van der Waals surface area contributed by atoms with Gasteiger partial charge in [-0.15, -0.1) is 0 Å². The Morgan fingerprint density at radius 1 is 1.22 bits per heavy atom. The fourth-order valence-corrected chi connectivity index (χ4v) is 3.96. The third-order valence-electron chi connectivity index (χ3n) is 5.36. The number of rotatable bonds is 3. The van der Waals surface area contributed by atoms with Gasteiger partial charge >= 0.3 is 0 Å². The molecule has 0 N–H and O–H groups in total. The molecule has 126 valence electrons. The second kappa shape index (κ2) is 6.56. The summed E-state index contributed by atoms with van der Waals surface area (Å²) in [6.45, 7) is 10.2. The third-order valence-corrected chi connectivity index (χ3v) is 5.36. The van der Waals surface area contributed by atoms with Crippen LogP contribution in [-0.2, 0) is 11.3 Å². The zero-order chi connectivity index (χ0) is 16.4. The van der Waals surface area contributed by atoms with E-state index in [2.05, 4.69) is 28.7 Å². The van der Waals surface area contributed by atoms with E-state index in [0.717, 1.165) is 30.9 Å². The number of hydrogen-bond donors (Lipinski definition) is 0. The Morgan fingerprint density at radius 2 is 2.04 bits per heavy atom. The van der Waals surface area contributed by atoms with Crippen LogP contribution in [0.4, 0.5) is 0 Å². The summed E-state index contributed by atoms with van der Waals surface area (Å²) >= 11 is 0. The molecule has 3 heterocycles. The summed E-state index contributed by atoms with van der Waals surface area (Å²) in [5.74, 6) is 0.264. The fourth-order valence-electron chi connectivity index (χ4n) is 3.96. The molecule has 5 heteroatoms. The number of likely N-dealkylation sites (tertiary alicyclic amines) is 2. The predicted molar refractivity (Wildman–Crippen MR) is 89.8 cm³/mol. The zero-order valence-electron chi connectivity index (χ0n) is 14.6. The Morgan fingerprint density at radius 3 is 2.74 bits per heavy atom. The summed E-state index contributed by atoms with van der Waals surface area (Å²) in [6, 6.07) is 0.584. The van der Waals surface area contributed by atoms with Gasteiger partial charge in [-0.05, 0) is 46.6 Å². The highest BCUT2D eigenvalue weighted by atomic mass is 16.2. The average molecular weight is 316 g/mol. The van der Waals surface area contributed by atoms with Crippen LogP contribution in [-0.4, -0.2) is 51.4 Å². The molecule has 5 nitrogen and oxygen atoms in total. The first-order chi connectivity index (χ1) is 11.0. The van der Waals surface area contributed by atoms with Crippen molar-refractivity contribution in [1.29, 1.82) is 0 Å². The van der Waals surface area contributed by atoms with Crippen molar-refractivity contribution in [3.63, 3.8) is 0 Å². The van der Waals surface area contributed by atoms with Crippen LogP contribution in [0.5, 0.6) is 0 Å². The Kier molecular flexibility index (Phi) is 4.67. The minimum absolute atomic E-state index is 0.264. The van der Waals surface area contributed by atoms with Crippen molar-refractivity contribution < 1.29 is 4.79 Å². The van der Waals surface area contributed by atoms with Crippen molar-refractivity contribution in [3.05, 3.63) is 23.8 Å². The minimum atomic E-state index is 0.264. The lowest BCUT2D eigenvalue weighted by Gasteiger charge is -2.49. The van der Waals surface area contributed by atoms with E-state index in [4.69, 9.17) is 0 Å². The lowest BCUT2D eigenvalue weighted by molar-refractivity contribution is -0.140. The van der Waals surface area contributed by atoms with Crippen LogP contribution in [0.3, 0.4) is 0 Å². The van der Waals surface area contributed by atoms with Crippen LogP contribution >= 0.6 is 0 Å². The van der Waals surface area contributed by atoms with Crippen LogP contribution < -0.4 is 0 Å². The molecular formula is C18H28N4O. The maximum atomic E-state index is 12.4. The maximum absolute atomic E-state index is 12.4. The number of aromatic nitrogens is 2. The standard InChI is InChI=1S/C18H28N4O/c1-14(2)21-8-4-6-18(12-21)7-5-17(23)22(13-18)11-16-10-19-15(3)9-20-16/h9-10,14H,4-8,11-13H2,1-3H3/t18-/m1/s1. The number of amides is 1. The highest BCUT2D eigenvalue weighted by Gasteiger charge is 2.42. The summed E-state index contributed by atoms with van der Waals surface area (Å²) in [5.41, 5.74) is 2.07. The molecule has 2 saturated heterocycles. The van der Waals surface area contributed by atoms with E-state index in [1.807, 2.05) is 11.8 Å². The highest BCUT2D eigenvalue weighted by molar-refractivity contribution is 5.77. The van der Waals surface area contributed by atoms with Crippen LogP contribution in [0, 0.1) is 12.3 Å². The highest BCUT2D eigenvalue weighted by Crippen LogP contribution is 2.39. The molecule has 0 radical (unpaired) electrons. The molecule has 0 bridgehead atoms. The first-order valence-corrected chi connectivity index (χ1v) is 8.77. The van der Waals surface area contributed by atoms with Crippen molar-refractivity contribution in [2.24, 2.45) is 5.41 Å². The lowest BCUT2D eigenvalue weighted by Crippen LogP contribution is -2.54. The molecule has 1 amide bonds. The van der Waals surface area contributed by atoms with Gasteiger partial charge < -0.3 is 9.80 Å². The van der Waals surface area contributed by atoms with E-state index in [0.29, 0.717) is 19.0 Å². The van der Waals surface area contributed by atoms with Gasteiger partial charge in [-0.3, -0.25) is 14.8 Å². The summed E-state index contributed by atoms with van der Waals surface area (Å²) in [4.78, 5) is 25.7. The fraction of sp³-hybridized carbons (Fsp3) is 0.722. The number of carbonyl (C=O) groups excluding carboxylic acids is 1. The number of piperidine rings is 2. The van der Waals surface area contributed by atoms with Gasteiger partial charge in [-0.25, -0.2) is 0 Å². The molecule has 1 aromatic heterocycles. The van der Waals surface area contributed by atoms with E-state index in [-0.39, 0.29) is 11.3 Å². The first kappa shape index (κ1) is 16.4. The van der Waals surface area contributed by atoms with Crippen LogP contribution in [0.25, 0.3) is 0 Å². The molecular weight excluding hydrogens is 288 g/mol. The van der Waals surface area contributed by atoms with E-state index in [1.54, 1.807) is 12.4 Å². The van der Waals surface area contributed by atoms with Crippen molar-refractivity contribution in [3.8, 4) is 0 Å². The summed E-state index contributed by atoms with van der Waals surface area (Å²) in [7, 11) is 0. The van der Waals surface area contributed by atoms with Gasteiger partial charge in [0.25, 0.3) is 0 Å². The number of hydrogen-bond acceptors (Lipinski definition) is 4. The average Bonchev–Trinajstić information content (AvgIpc) is 2.53. The number of nitrogens with zero attached hydrogens (tertiary/aromatic N) is 4. The third kappa shape index (κ3) is 3.71. The molecule has 1 aromatic rings. The normalized spacial score (nSPS) is 26.3. The van der Waals surface area contributed by atoms with E-state index < -0.39 is 0 Å². The van der Waals surface area contributed by atoms with Crippen LogP contribution in [0.2, 0.25) is 0 Å². The second-order valence-electron chi connectivity index (χ2n) is 7.57. The monoisotopic (exact) mass is 316 g/mol. The largest absolute Gasteiger partial charge is 0.336 e. The molecule has 2 aliphatic heterocycles. The molecule has 2 fully saturated rings. The molecule has 1 atom stereocenters. The summed E-state index contributed by atoms with van der Waals surface area (Å²) in [6.07, 6.45) is 7.76. The molecule has 0 aliphatic carbocycles. The van der Waals surface area contributed by atoms with Gasteiger partial charge in [0.2, 0.25) is 5.91 Å². The van der Waals surface area contributed by atoms with Crippen molar-refractivity contribution in [2.45, 2.75) is 59.0 Å². The Balaban J connectivity index is 1.71. The van der Waals surface area contributed by atoms with Gasteiger partial charge in [-0.2, -0.15) is 0 Å². The van der Waals surface area contributed by atoms with Gasteiger partial charge in [0.15, 0.2) is 0 Å². The smallest absolute Gasteiger partial charge is 0.222 e. The van der Waals surface area contributed by atoms with Gasteiger partial charge in [0.1, 0.15) is 0 Å². The van der Waals surface area contributed by atoms with Gasteiger partial charge in [0.05, 0.1) is 24.1 Å². The van der Waals surface area contributed by atoms with Gasteiger partial charge in [-0.1, -0.05) is 0 Å². The molecule has 2 aliphatic rings. The first-order valence-electron chi connectivity index (χ1n) is 8.77. The molecule has 1 spiro atoms. The topological polar surface area (TPSA) is 49.3 Å². The van der Waals surface area contributed by atoms with Crippen LogP contribution in [0.1, 0.15) is 50.9 Å². The lowest BCUT2D eigenvalue weighted by atomic mass is 9.73. The number of aryl methyl sites for hydroxylation is 1. The SMILES string of the molecule is Cc1cnc(CN2C[C@]3(CCCN(C(C)C)C3)CCC2=O)cn1. The Labute approximate surface area is 139 Å². The quantitative estimate of drug-likeness (QED) is 0.859. The molecule has 0 aromatic carbocycles. The van der Waals surface area contributed by atoms with E-state index >= 15 is 0 Å². The molecule has 23 heavy (non-hydrogen) atoms. The molecule has 3 rings (SSSR count). The van der Waals surface area contributed by atoms with Crippen molar-refractivity contribution in [1.82, 2.24) is 19.8 Å². The van der Waals surface area contributed by atoms with E-state index in [9.17, 15) is 4.79 Å². The zero-order valence-corrected chi connectivity index (χ0v) is 14.6. The van der Waals surface area contributed by atoms with Gasteiger partial charge in [0, 0.05) is 37.2 Å². The van der Waals surface area contributed by atoms with Crippen molar-refractivity contribution in [2.75, 3.05) is 19.6 Å². The van der Waals surface area contributed by atoms with E-state index in [1.165, 1.54) is 19.4 Å². The van der Waals surface area contributed by atoms with Crippen molar-refractivity contribution >= 4 is 5.91 Å². The Hall–Kier alpha value is -1.49. The predicted octanol–water partition coefficient (Wildman–Crippen LogP) is 2.40.